The minimum atomic E-state index is -0.294. The third kappa shape index (κ3) is 3.40. The summed E-state index contributed by atoms with van der Waals surface area (Å²) in [7, 11) is 4.62. The van der Waals surface area contributed by atoms with E-state index in [-0.39, 0.29) is 11.5 Å². The highest BCUT2D eigenvalue weighted by Crippen LogP contribution is 2.66. The summed E-state index contributed by atoms with van der Waals surface area (Å²) in [6.45, 7) is 7.83. The van der Waals surface area contributed by atoms with Gasteiger partial charge in [-0.3, -0.25) is 0 Å². The lowest BCUT2D eigenvalue weighted by atomic mass is 9.47. The fourth-order valence-corrected chi connectivity index (χ4v) is 9.51. The number of allylic oxidation sites excluding steroid dienone is 1. The van der Waals surface area contributed by atoms with E-state index in [1.165, 1.54) is 80.1 Å². The van der Waals surface area contributed by atoms with Gasteiger partial charge in [0, 0.05) is 42.7 Å². The number of aryl methyl sites for hydroxylation is 1. The smallest absolute Gasteiger partial charge is 0.175 e. The first-order valence-corrected chi connectivity index (χ1v) is 14.1. The minimum Gasteiger partial charge on any atom is -0.388 e. The molecular formula is C31H46N2O+2. The van der Waals surface area contributed by atoms with Crippen molar-refractivity contribution in [2.45, 2.75) is 83.8 Å². The Kier molecular flexibility index (Phi) is 5.43. The van der Waals surface area contributed by atoms with Gasteiger partial charge in [0.05, 0.1) is 32.3 Å². The van der Waals surface area contributed by atoms with Crippen LogP contribution in [0.2, 0.25) is 0 Å². The Hall–Kier alpha value is -1.45. The molecule has 0 aromatic carbocycles. The molecule has 0 amide bonds. The summed E-state index contributed by atoms with van der Waals surface area (Å²) in [6.07, 6.45) is 20.7. The van der Waals surface area contributed by atoms with E-state index in [9.17, 15) is 5.11 Å². The lowest BCUT2D eigenvalue weighted by Gasteiger charge is -2.58. The number of hydrogen-bond donors (Lipinski definition) is 1. The maximum atomic E-state index is 11.6. The number of likely N-dealkylation sites (tertiary alicyclic amines) is 1. The van der Waals surface area contributed by atoms with Gasteiger partial charge in [-0.2, -0.15) is 0 Å². The summed E-state index contributed by atoms with van der Waals surface area (Å²) in [5, 5.41) is 11.6. The molecule has 34 heavy (non-hydrogen) atoms. The average molecular weight is 463 g/mol. The van der Waals surface area contributed by atoms with E-state index < -0.39 is 0 Å². The highest BCUT2D eigenvalue weighted by atomic mass is 16.3. The van der Waals surface area contributed by atoms with Gasteiger partial charge < -0.3 is 9.59 Å². The maximum Gasteiger partial charge on any atom is 0.175 e. The van der Waals surface area contributed by atoms with Crippen molar-refractivity contribution < 1.29 is 14.2 Å². The van der Waals surface area contributed by atoms with Crippen molar-refractivity contribution in [3.05, 3.63) is 47.3 Å². The van der Waals surface area contributed by atoms with Crippen LogP contribution in [-0.4, -0.2) is 41.9 Å². The van der Waals surface area contributed by atoms with Gasteiger partial charge in [-0.25, -0.2) is 4.57 Å². The number of aliphatic hydroxyl groups excluding tert-OH is 1. The van der Waals surface area contributed by atoms with Crippen LogP contribution in [0.1, 0.15) is 77.2 Å². The number of hydrogen-bond acceptors (Lipinski definition) is 1. The number of fused-ring (bicyclic) bond motifs is 5. The molecule has 1 aromatic rings. The van der Waals surface area contributed by atoms with Crippen molar-refractivity contribution in [1.82, 2.24) is 0 Å². The van der Waals surface area contributed by atoms with Crippen LogP contribution in [0.25, 0.3) is 6.08 Å². The molecule has 6 rings (SSSR count). The molecule has 3 heteroatoms. The number of aromatic nitrogens is 1. The summed E-state index contributed by atoms with van der Waals surface area (Å²) >= 11 is 0. The van der Waals surface area contributed by atoms with E-state index >= 15 is 0 Å². The summed E-state index contributed by atoms with van der Waals surface area (Å²) < 4.78 is 3.44. The van der Waals surface area contributed by atoms with Crippen LogP contribution in [0.15, 0.2) is 41.7 Å². The van der Waals surface area contributed by atoms with Crippen molar-refractivity contribution in [3.63, 3.8) is 0 Å². The topological polar surface area (TPSA) is 24.1 Å². The van der Waals surface area contributed by atoms with E-state index in [1.807, 2.05) is 5.57 Å². The number of rotatable bonds is 2. The summed E-state index contributed by atoms with van der Waals surface area (Å²) in [6, 6.07) is 5.13. The number of pyridine rings is 1. The molecule has 7 atom stereocenters. The SMILES string of the molecule is C[n+]1cccc(/C=C2\C[C@H]3[C@@H]4CC=C5C[C@@H]([N+]6(C)CCCC6)CC[C@]5(C)[C@H]4CC[C@]3(C)[C@H]2O)c1. The molecule has 184 valence electrons. The Labute approximate surface area is 207 Å². The predicted molar refractivity (Wildman–Crippen MR) is 138 cm³/mol. The van der Waals surface area contributed by atoms with Gasteiger partial charge in [0.1, 0.15) is 7.05 Å². The maximum absolute atomic E-state index is 11.6. The zero-order valence-electron chi connectivity index (χ0n) is 22.0. The first kappa shape index (κ1) is 23.0. The van der Waals surface area contributed by atoms with E-state index in [1.54, 1.807) is 0 Å². The largest absolute Gasteiger partial charge is 0.388 e. The molecule has 3 nitrogen and oxygen atoms in total. The molecule has 0 unspecified atom stereocenters. The van der Waals surface area contributed by atoms with Crippen LogP contribution in [0.3, 0.4) is 0 Å². The lowest BCUT2D eigenvalue weighted by molar-refractivity contribution is -0.923. The second-order valence-corrected chi connectivity index (χ2v) is 13.5. The average Bonchev–Trinajstić information content (AvgIpc) is 3.36. The molecule has 1 saturated heterocycles. The monoisotopic (exact) mass is 462 g/mol. The first-order chi connectivity index (χ1) is 16.2. The molecule has 0 bridgehead atoms. The van der Waals surface area contributed by atoms with Crippen molar-refractivity contribution in [2.75, 3.05) is 20.1 Å². The molecule has 2 heterocycles. The summed E-state index contributed by atoms with van der Waals surface area (Å²) in [4.78, 5) is 0. The molecule has 4 fully saturated rings. The zero-order valence-corrected chi connectivity index (χ0v) is 22.0. The summed E-state index contributed by atoms with van der Waals surface area (Å²) in [5.74, 6) is 2.14. The van der Waals surface area contributed by atoms with Gasteiger partial charge in [-0.1, -0.05) is 25.5 Å². The van der Waals surface area contributed by atoms with Crippen LogP contribution in [0.4, 0.5) is 0 Å². The van der Waals surface area contributed by atoms with Crippen LogP contribution in [0, 0.1) is 28.6 Å². The number of nitrogens with zero attached hydrogens (tertiary/aromatic N) is 2. The van der Waals surface area contributed by atoms with Crippen LogP contribution < -0.4 is 4.57 Å². The van der Waals surface area contributed by atoms with Gasteiger partial charge >= 0.3 is 0 Å². The molecule has 4 aliphatic carbocycles. The highest BCUT2D eigenvalue weighted by molar-refractivity contribution is 5.54. The second-order valence-electron chi connectivity index (χ2n) is 13.5. The standard InChI is InChI=1S/C31H46N2O/c1-30-13-11-25(33(4)16-5-6-17-33)20-24(30)9-10-26-27(30)12-14-31(2)28(26)19-23(29(31)34)18-22-8-7-15-32(3)21-22/h7-9,15,18,21,25-29,34H,5-6,10-14,16-17,19-20H2,1-4H3/q+2/b23-18+/t25-,26+,27-,28-,29-,30-,31-/m0/s1. The quantitative estimate of drug-likeness (QED) is 0.353. The van der Waals surface area contributed by atoms with E-state index in [0.717, 1.165) is 24.3 Å². The summed E-state index contributed by atoms with van der Waals surface area (Å²) in [5.41, 5.74) is 4.73. The molecule has 0 spiro atoms. The molecular weight excluding hydrogens is 416 g/mol. The Morgan fingerprint density at radius 1 is 1.09 bits per heavy atom. The Balaban J connectivity index is 1.27. The predicted octanol–water partition coefficient (Wildman–Crippen LogP) is 5.44. The third-order valence-electron chi connectivity index (χ3n) is 11.7. The number of quaternary nitrogens is 1. The molecule has 5 aliphatic rings. The number of aliphatic hydroxyl groups is 1. The van der Waals surface area contributed by atoms with Crippen molar-refractivity contribution >= 4 is 6.08 Å². The fourth-order valence-electron chi connectivity index (χ4n) is 9.51. The van der Waals surface area contributed by atoms with Crippen molar-refractivity contribution in [2.24, 2.45) is 35.6 Å². The van der Waals surface area contributed by atoms with E-state index in [2.05, 4.69) is 69.2 Å². The molecule has 1 aliphatic heterocycles. The van der Waals surface area contributed by atoms with Gasteiger partial charge in [-0.15, -0.1) is 0 Å². The fraction of sp³-hybridized carbons (Fsp3) is 0.710. The van der Waals surface area contributed by atoms with Gasteiger partial charge in [0.2, 0.25) is 0 Å². The second kappa shape index (κ2) is 8.03. The van der Waals surface area contributed by atoms with Gasteiger partial charge in [0.15, 0.2) is 12.4 Å². The zero-order chi connectivity index (χ0) is 23.7. The minimum absolute atomic E-state index is 0.0388. The molecule has 3 saturated carbocycles. The van der Waals surface area contributed by atoms with E-state index in [0.29, 0.717) is 11.3 Å². The third-order valence-corrected chi connectivity index (χ3v) is 11.7. The van der Waals surface area contributed by atoms with Crippen molar-refractivity contribution in [1.29, 1.82) is 0 Å². The van der Waals surface area contributed by atoms with Gasteiger partial charge in [-0.05, 0) is 73.0 Å². The van der Waals surface area contributed by atoms with Crippen molar-refractivity contribution in [3.8, 4) is 0 Å². The van der Waals surface area contributed by atoms with Crippen LogP contribution in [-0.2, 0) is 7.05 Å². The Bertz CT molecular complexity index is 1020. The highest BCUT2D eigenvalue weighted by Gasteiger charge is 2.60. The first-order valence-electron chi connectivity index (χ1n) is 14.1. The lowest BCUT2D eigenvalue weighted by Crippen LogP contribution is -2.56. The molecule has 1 aromatic heterocycles. The van der Waals surface area contributed by atoms with Gasteiger partial charge in [0.25, 0.3) is 0 Å². The normalized spacial score (nSPS) is 44.3. The van der Waals surface area contributed by atoms with Crippen LogP contribution >= 0.6 is 0 Å². The van der Waals surface area contributed by atoms with Crippen LogP contribution in [0.5, 0.6) is 0 Å². The van der Waals surface area contributed by atoms with E-state index in [4.69, 9.17) is 0 Å². The Morgan fingerprint density at radius 2 is 1.88 bits per heavy atom. The molecule has 0 radical (unpaired) electrons. The Morgan fingerprint density at radius 3 is 2.65 bits per heavy atom. The molecule has 1 N–H and O–H groups in total.